The van der Waals surface area contributed by atoms with Crippen LogP contribution in [0.15, 0.2) is 24.3 Å². The molecule has 1 aromatic carbocycles. The van der Waals surface area contributed by atoms with Crippen LogP contribution in [-0.2, 0) is 13.0 Å². The zero-order valence-electron chi connectivity index (χ0n) is 15.7. The molecule has 1 aliphatic heterocycles. The topological polar surface area (TPSA) is 54.8 Å². The highest BCUT2D eigenvalue weighted by molar-refractivity contribution is 7.80. The molecule has 2 aliphatic carbocycles. The molecule has 1 aromatic heterocycles. The highest BCUT2D eigenvalue weighted by Crippen LogP contribution is 2.44. The van der Waals surface area contributed by atoms with Crippen molar-refractivity contribution in [1.29, 1.82) is 0 Å². The van der Waals surface area contributed by atoms with Gasteiger partial charge in [-0.2, -0.15) is 0 Å². The van der Waals surface area contributed by atoms with Crippen LogP contribution in [0.1, 0.15) is 50.8 Å². The number of aryl methyl sites for hydroxylation is 1. The zero-order chi connectivity index (χ0) is 18.2. The first kappa shape index (κ1) is 17.2. The van der Waals surface area contributed by atoms with Crippen molar-refractivity contribution >= 4 is 23.0 Å². The Hall–Kier alpha value is -1.95. The quantitative estimate of drug-likeness (QED) is 0.783. The summed E-state index contributed by atoms with van der Waals surface area (Å²) in [4.78, 5) is 0. The standard InChI is InChI=1S/C21H27N5S/c27-21(23-18-12-14-8-9-15(18)11-14)22-17-6-4-5-16(13-17)20-25-24-19-7-2-1-3-10-26(19)20/h4-6,13-15,18H,1-3,7-12H2,(H2,22,23,27). The first-order valence-corrected chi connectivity index (χ1v) is 10.8. The molecule has 0 radical (unpaired) electrons. The Labute approximate surface area is 166 Å². The molecule has 2 heterocycles. The van der Waals surface area contributed by atoms with Gasteiger partial charge in [-0.3, -0.25) is 0 Å². The van der Waals surface area contributed by atoms with E-state index in [4.69, 9.17) is 12.2 Å². The Bertz CT molecular complexity index is 845. The van der Waals surface area contributed by atoms with Gasteiger partial charge in [0.1, 0.15) is 5.82 Å². The predicted octanol–water partition coefficient (Wildman–Crippen LogP) is 4.15. The van der Waals surface area contributed by atoms with E-state index < -0.39 is 0 Å². The van der Waals surface area contributed by atoms with E-state index in [-0.39, 0.29) is 0 Å². The molecule has 2 saturated carbocycles. The van der Waals surface area contributed by atoms with Gasteiger partial charge < -0.3 is 15.2 Å². The van der Waals surface area contributed by atoms with Gasteiger partial charge in [-0.25, -0.2) is 0 Å². The number of thiocarbonyl (C=S) groups is 1. The van der Waals surface area contributed by atoms with Gasteiger partial charge in [0.05, 0.1) is 0 Å². The number of aromatic nitrogens is 3. The van der Waals surface area contributed by atoms with Crippen LogP contribution in [-0.4, -0.2) is 25.9 Å². The number of rotatable bonds is 3. The van der Waals surface area contributed by atoms with E-state index in [0.29, 0.717) is 6.04 Å². The molecule has 6 heteroatoms. The van der Waals surface area contributed by atoms with E-state index in [2.05, 4.69) is 49.7 Å². The van der Waals surface area contributed by atoms with Crippen LogP contribution in [0, 0.1) is 11.8 Å². The molecule has 142 valence electrons. The number of nitrogens with zero attached hydrogens (tertiary/aromatic N) is 3. The van der Waals surface area contributed by atoms with Crippen molar-refractivity contribution in [2.75, 3.05) is 5.32 Å². The summed E-state index contributed by atoms with van der Waals surface area (Å²) in [5.74, 6) is 3.83. The normalized spacial score (nSPS) is 26.4. The number of nitrogens with one attached hydrogen (secondary N) is 2. The predicted molar refractivity (Wildman–Crippen MR) is 112 cm³/mol. The first-order valence-electron chi connectivity index (χ1n) is 10.4. The molecule has 5 rings (SSSR count). The largest absolute Gasteiger partial charge is 0.359 e. The number of benzene rings is 1. The second-order valence-electron chi connectivity index (χ2n) is 8.36. The summed E-state index contributed by atoms with van der Waals surface area (Å²) in [5.41, 5.74) is 2.11. The van der Waals surface area contributed by atoms with Crippen LogP contribution >= 0.6 is 12.2 Å². The Morgan fingerprint density at radius 1 is 1.11 bits per heavy atom. The van der Waals surface area contributed by atoms with Crippen molar-refractivity contribution in [3.63, 3.8) is 0 Å². The van der Waals surface area contributed by atoms with Crippen LogP contribution in [0.3, 0.4) is 0 Å². The highest BCUT2D eigenvalue weighted by Gasteiger charge is 2.39. The molecule has 0 amide bonds. The molecule has 3 atom stereocenters. The Morgan fingerprint density at radius 2 is 2.07 bits per heavy atom. The van der Waals surface area contributed by atoms with Crippen molar-refractivity contribution in [2.24, 2.45) is 11.8 Å². The lowest BCUT2D eigenvalue weighted by atomic mass is 9.96. The van der Waals surface area contributed by atoms with Crippen LogP contribution in [0.4, 0.5) is 5.69 Å². The fourth-order valence-electron chi connectivity index (χ4n) is 5.19. The highest BCUT2D eigenvalue weighted by atomic mass is 32.1. The van der Waals surface area contributed by atoms with Crippen molar-refractivity contribution in [1.82, 2.24) is 20.1 Å². The third kappa shape index (κ3) is 3.47. The Kier molecular flexibility index (Phi) is 4.60. The maximum Gasteiger partial charge on any atom is 0.171 e. The number of hydrogen-bond acceptors (Lipinski definition) is 3. The van der Waals surface area contributed by atoms with E-state index in [1.165, 1.54) is 44.9 Å². The van der Waals surface area contributed by atoms with E-state index in [9.17, 15) is 0 Å². The minimum Gasteiger partial charge on any atom is -0.359 e. The SMILES string of the molecule is S=C(Nc1cccc(-c2nnc3n2CCCCC3)c1)NC1CC2CCC1C2. The summed E-state index contributed by atoms with van der Waals surface area (Å²) in [6, 6.07) is 8.93. The van der Waals surface area contributed by atoms with Gasteiger partial charge in [-0.15, -0.1) is 10.2 Å². The van der Waals surface area contributed by atoms with Crippen molar-refractivity contribution in [3.05, 3.63) is 30.1 Å². The number of anilines is 1. The van der Waals surface area contributed by atoms with E-state index in [1.54, 1.807) is 0 Å². The molecule has 5 nitrogen and oxygen atoms in total. The second kappa shape index (κ2) is 7.23. The molecule has 3 unspecified atom stereocenters. The fourth-order valence-corrected chi connectivity index (χ4v) is 5.46. The van der Waals surface area contributed by atoms with Gasteiger partial charge in [-0.1, -0.05) is 25.0 Å². The van der Waals surface area contributed by atoms with Crippen molar-refractivity contribution < 1.29 is 0 Å². The van der Waals surface area contributed by atoms with Gasteiger partial charge in [0.25, 0.3) is 0 Å². The molecule has 27 heavy (non-hydrogen) atoms. The molecule has 3 aliphatic rings. The van der Waals surface area contributed by atoms with E-state index in [1.807, 2.05) is 0 Å². The summed E-state index contributed by atoms with van der Waals surface area (Å²) in [6.45, 7) is 1.01. The average molecular weight is 382 g/mol. The smallest absolute Gasteiger partial charge is 0.171 e. The summed E-state index contributed by atoms with van der Waals surface area (Å²) >= 11 is 5.59. The third-order valence-electron chi connectivity index (χ3n) is 6.54. The summed E-state index contributed by atoms with van der Waals surface area (Å²) < 4.78 is 2.29. The zero-order valence-corrected chi connectivity index (χ0v) is 16.5. The lowest BCUT2D eigenvalue weighted by molar-refractivity contribution is 0.392. The molecular weight excluding hydrogens is 354 g/mol. The third-order valence-corrected chi connectivity index (χ3v) is 6.76. The molecule has 2 fully saturated rings. The molecule has 2 N–H and O–H groups in total. The van der Waals surface area contributed by atoms with Crippen molar-refractivity contribution in [2.45, 2.75) is 64.0 Å². The molecule has 0 spiro atoms. The number of hydrogen-bond donors (Lipinski definition) is 2. The maximum absolute atomic E-state index is 5.59. The molecule has 2 aromatic rings. The van der Waals surface area contributed by atoms with Gasteiger partial charge in [0, 0.05) is 30.3 Å². The van der Waals surface area contributed by atoms with E-state index in [0.717, 1.165) is 52.8 Å². The van der Waals surface area contributed by atoms with Gasteiger partial charge >= 0.3 is 0 Å². The van der Waals surface area contributed by atoms with Crippen LogP contribution in [0.2, 0.25) is 0 Å². The minimum atomic E-state index is 0.555. The van der Waals surface area contributed by atoms with E-state index >= 15 is 0 Å². The lowest BCUT2D eigenvalue weighted by Gasteiger charge is -2.24. The maximum atomic E-state index is 5.59. The first-order chi connectivity index (χ1) is 13.3. The summed E-state index contributed by atoms with van der Waals surface area (Å²) in [7, 11) is 0. The lowest BCUT2D eigenvalue weighted by Crippen LogP contribution is -2.40. The van der Waals surface area contributed by atoms with Crippen molar-refractivity contribution in [3.8, 4) is 11.4 Å². The number of fused-ring (bicyclic) bond motifs is 3. The van der Waals surface area contributed by atoms with Crippen LogP contribution in [0.5, 0.6) is 0 Å². The second-order valence-corrected chi connectivity index (χ2v) is 8.77. The molecular formula is C21H27N5S. The molecule has 2 bridgehead atoms. The fraction of sp³-hybridized carbons (Fsp3) is 0.571. The molecule has 0 saturated heterocycles. The monoisotopic (exact) mass is 381 g/mol. The average Bonchev–Trinajstić information content (AvgIpc) is 3.34. The summed E-state index contributed by atoms with van der Waals surface area (Å²) in [6.07, 6.45) is 10.1. The van der Waals surface area contributed by atoms with Gasteiger partial charge in [-0.05, 0) is 68.3 Å². The van der Waals surface area contributed by atoms with Crippen LogP contribution < -0.4 is 10.6 Å². The Balaban J connectivity index is 1.29. The minimum absolute atomic E-state index is 0.555. The summed E-state index contributed by atoms with van der Waals surface area (Å²) in [5, 5.41) is 16.6. The van der Waals surface area contributed by atoms with Crippen LogP contribution in [0.25, 0.3) is 11.4 Å². The van der Waals surface area contributed by atoms with Gasteiger partial charge in [0.2, 0.25) is 0 Å². The van der Waals surface area contributed by atoms with Gasteiger partial charge in [0.15, 0.2) is 10.9 Å². The Morgan fingerprint density at radius 3 is 2.93 bits per heavy atom.